The van der Waals surface area contributed by atoms with Gasteiger partial charge in [-0.3, -0.25) is 10.1 Å². The summed E-state index contributed by atoms with van der Waals surface area (Å²) in [4.78, 5) is 10.3. The van der Waals surface area contributed by atoms with Crippen LogP contribution in [0.25, 0.3) is 0 Å². The van der Waals surface area contributed by atoms with Gasteiger partial charge in [0.25, 0.3) is 5.69 Å². The smallest absolute Gasteiger partial charge is 0.269 e. The maximum absolute atomic E-state index is 12.9. The maximum atomic E-state index is 12.9. The molecule has 0 amide bonds. The number of nitrogens with one attached hydrogen (secondary N) is 1. The van der Waals surface area contributed by atoms with Gasteiger partial charge in [0.2, 0.25) is 10.0 Å². The van der Waals surface area contributed by atoms with Gasteiger partial charge in [0.15, 0.2) is 0 Å². The quantitative estimate of drug-likeness (QED) is 0.117. The van der Waals surface area contributed by atoms with E-state index in [-0.39, 0.29) is 43.4 Å². The fourth-order valence-electron chi connectivity index (χ4n) is 4.49. The minimum absolute atomic E-state index is 0.0337. The Bertz CT molecular complexity index is 1520. The van der Waals surface area contributed by atoms with Crippen LogP contribution in [0.3, 0.4) is 0 Å². The van der Waals surface area contributed by atoms with Crippen LogP contribution in [0.5, 0.6) is 0 Å². The van der Waals surface area contributed by atoms with Crippen LogP contribution >= 0.6 is 0 Å². The summed E-state index contributed by atoms with van der Waals surface area (Å²) in [5, 5.41) is 22.3. The number of nitrogens with zero attached hydrogens (tertiary/aromatic N) is 1. The summed E-state index contributed by atoms with van der Waals surface area (Å²) in [5.41, 5.74) is 2.55. The van der Waals surface area contributed by atoms with Gasteiger partial charge >= 0.3 is 0 Å². The standard InChI is InChI=1S/C33H36N2O8S/c36-31(25-41-22-26-10-4-1-5-11-26)33(43-24-28-14-8-3-9-15-28)32(42-23-27-12-6-2-7-13-27)20-21-34-44(39,40)30-18-16-29(17-19-30)35(37)38/h1-19,31-34,36H,20-25H2/t31-,32-,33+/m1/s1. The van der Waals surface area contributed by atoms with E-state index in [2.05, 4.69) is 4.72 Å². The van der Waals surface area contributed by atoms with Crippen molar-refractivity contribution in [1.82, 2.24) is 4.72 Å². The highest BCUT2D eigenvalue weighted by molar-refractivity contribution is 7.89. The monoisotopic (exact) mass is 620 g/mol. The number of hydrogen-bond acceptors (Lipinski definition) is 8. The zero-order valence-corrected chi connectivity index (χ0v) is 24.9. The minimum atomic E-state index is -3.97. The van der Waals surface area contributed by atoms with E-state index >= 15 is 0 Å². The van der Waals surface area contributed by atoms with Crippen LogP contribution in [-0.2, 0) is 44.1 Å². The Labute approximate surface area is 257 Å². The van der Waals surface area contributed by atoms with Gasteiger partial charge in [-0.25, -0.2) is 13.1 Å². The summed E-state index contributed by atoms with van der Waals surface area (Å²) < 4.78 is 46.8. The Balaban J connectivity index is 1.48. The van der Waals surface area contributed by atoms with Gasteiger partial charge in [0, 0.05) is 18.7 Å². The van der Waals surface area contributed by atoms with E-state index in [1.54, 1.807) is 0 Å². The SMILES string of the molecule is O=[N+]([O-])c1ccc(S(=O)(=O)NCC[C@@H](OCc2ccccc2)[C@@H](OCc2ccccc2)[C@H](O)COCc2ccccc2)cc1. The van der Waals surface area contributed by atoms with Crippen LogP contribution in [0.15, 0.2) is 120 Å². The number of sulfonamides is 1. The third-order valence-electron chi connectivity index (χ3n) is 6.82. The molecular formula is C33H36N2O8S. The number of benzene rings is 4. The molecule has 4 aromatic rings. The molecule has 0 unspecified atom stereocenters. The summed E-state index contributed by atoms with van der Waals surface area (Å²) in [5.74, 6) is 0. The van der Waals surface area contributed by atoms with Crippen LogP contribution in [0.2, 0.25) is 0 Å². The lowest BCUT2D eigenvalue weighted by atomic mass is 10.0. The highest BCUT2D eigenvalue weighted by Crippen LogP contribution is 2.20. The second-order valence-electron chi connectivity index (χ2n) is 10.1. The summed E-state index contributed by atoms with van der Waals surface area (Å²) >= 11 is 0. The van der Waals surface area contributed by atoms with Gasteiger partial charge in [-0.1, -0.05) is 91.0 Å². The van der Waals surface area contributed by atoms with Crippen molar-refractivity contribution < 1.29 is 32.7 Å². The minimum Gasteiger partial charge on any atom is -0.388 e. The Morgan fingerprint density at radius 2 is 1.23 bits per heavy atom. The second kappa shape index (κ2) is 16.8. The summed E-state index contributed by atoms with van der Waals surface area (Å²) in [6.07, 6.45) is -2.52. The van der Waals surface area contributed by atoms with E-state index in [1.165, 1.54) is 12.1 Å². The maximum Gasteiger partial charge on any atom is 0.269 e. The first-order chi connectivity index (χ1) is 21.3. The summed E-state index contributed by atoms with van der Waals surface area (Å²) in [6, 6.07) is 33.2. The molecule has 0 aliphatic heterocycles. The molecule has 0 aliphatic rings. The van der Waals surface area contributed by atoms with Crippen molar-refractivity contribution >= 4 is 15.7 Å². The molecule has 0 aliphatic carbocycles. The fraction of sp³-hybridized carbons (Fsp3) is 0.273. The molecule has 0 aromatic heterocycles. The Morgan fingerprint density at radius 3 is 1.75 bits per heavy atom. The van der Waals surface area contributed by atoms with Crippen LogP contribution < -0.4 is 4.72 Å². The molecule has 0 fully saturated rings. The molecule has 0 saturated carbocycles. The van der Waals surface area contributed by atoms with Crippen LogP contribution in [0.1, 0.15) is 23.1 Å². The number of nitro benzene ring substituents is 1. The van der Waals surface area contributed by atoms with Crippen molar-refractivity contribution in [3.63, 3.8) is 0 Å². The van der Waals surface area contributed by atoms with E-state index < -0.39 is 33.3 Å². The Kier molecular flexibility index (Phi) is 12.5. The molecule has 11 heteroatoms. The molecular weight excluding hydrogens is 584 g/mol. The third kappa shape index (κ3) is 10.3. The topological polar surface area (TPSA) is 137 Å². The zero-order valence-electron chi connectivity index (χ0n) is 24.1. The largest absolute Gasteiger partial charge is 0.388 e. The molecule has 232 valence electrons. The van der Waals surface area contributed by atoms with Gasteiger partial charge in [-0.15, -0.1) is 0 Å². The fourth-order valence-corrected chi connectivity index (χ4v) is 5.53. The molecule has 2 N–H and O–H groups in total. The van der Waals surface area contributed by atoms with Crippen LogP contribution in [-0.4, -0.2) is 49.9 Å². The van der Waals surface area contributed by atoms with Crippen molar-refractivity contribution in [3.05, 3.63) is 142 Å². The molecule has 0 spiro atoms. The number of hydrogen-bond donors (Lipinski definition) is 2. The second-order valence-corrected chi connectivity index (χ2v) is 11.9. The Morgan fingerprint density at radius 1 is 0.727 bits per heavy atom. The predicted octanol–water partition coefficient (Wildman–Crippen LogP) is 5.01. The van der Waals surface area contributed by atoms with Crippen molar-refractivity contribution in [1.29, 1.82) is 0 Å². The van der Waals surface area contributed by atoms with Gasteiger partial charge in [0.05, 0.1) is 42.4 Å². The van der Waals surface area contributed by atoms with Crippen LogP contribution in [0.4, 0.5) is 5.69 Å². The molecule has 0 saturated heterocycles. The lowest BCUT2D eigenvalue weighted by Crippen LogP contribution is -2.45. The number of aliphatic hydroxyl groups excluding tert-OH is 1. The molecule has 0 heterocycles. The molecule has 0 bridgehead atoms. The first kappa shape index (κ1) is 32.9. The van der Waals surface area contributed by atoms with Gasteiger partial charge in [-0.05, 0) is 35.2 Å². The van der Waals surface area contributed by atoms with E-state index in [0.717, 1.165) is 28.8 Å². The van der Waals surface area contributed by atoms with E-state index in [1.807, 2.05) is 91.0 Å². The number of nitro groups is 1. The lowest BCUT2D eigenvalue weighted by Gasteiger charge is -2.31. The molecule has 4 aromatic carbocycles. The number of non-ortho nitro benzene ring substituents is 1. The number of ether oxygens (including phenoxy) is 3. The summed E-state index contributed by atoms with van der Waals surface area (Å²) in [7, 11) is -3.97. The average molecular weight is 621 g/mol. The zero-order chi connectivity index (χ0) is 31.2. The molecule has 0 radical (unpaired) electrons. The van der Waals surface area contributed by atoms with Crippen LogP contribution in [0, 0.1) is 10.1 Å². The van der Waals surface area contributed by atoms with Gasteiger partial charge in [-0.2, -0.15) is 0 Å². The molecule has 3 atom stereocenters. The average Bonchev–Trinajstić information content (AvgIpc) is 3.05. The van der Waals surface area contributed by atoms with E-state index in [9.17, 15) is 23.6 Å². The molecule has 10 nitrogen and oxygen atoms in total. The van der Waals surface area contributed by atoms with Crippen molar-refractivity contribution in [3.8, 4) is 0 Å². The lowest BCUT2D eigenvalue weighted by molar-refractivity contribution is -0.384. The van der Waals surface area contributed by atoms with E-state index in [4.69, 9.17) is 14.2 Å². The summed E-state index contributed by atoms with van der Waals surface area (Å²) in [6.45, 7) is 0.633. The van der Waals surface area contributed by atoms with Gasteiger partial charge in [0.1, 0.15) is 12.2 Å². The van der Waals surface area contributed by atoms with Gasteiger partial charge < -0.3 is 19.3 Å². The van der Waals surface area contributed by atoms with E-state index in [0.29, 0.717) is 6.61 Å². The molecule has 4 rings (SSSR count). The molecule has 44 heavy (non-hydrogen) atoms. The van der Waals surface area contributed by atoms with Crippen molar-refractivity contribution in [2.45, 2.75) is 49.4 Å². The first-order valence-electron chi connectivity index (χ1n) is 14.2. The van der Waals surface area contributed by atoms with Crippen molar-refractivity contribution in [2.24, 2.45) is 0 Å². The predicted molar refractivity (Wildman–Crippen MR) is 165 cm³/mol. The first-order valence-corrected chi connectivity index (χ1v) is 15.6. The highest BCUT2D eigenvalue weighted by Gasteiger charge is 2.31. The van der Waals surface area contributed by atoms with Crippen molar-refractivity contribution in [2.75, 3.05) is 13.2 Å². The third-order valence-corrected chi connectivity index (χ3v) is 8.29. The normalized spacial score (nSPS) is 13.7. The Hall–Kier alpha value is -3.97. The number of aliphatic hydroxyl groups is 1. The highest BCUT2D eigenvalue weighted by atomic mass is 32.2. The number of rotatable bonds is 18.